The van der Waals surface area contributed by atoms with E-state index in [1.807, 2.05) is 24.3 Å². The van der Waals surface area contributed by atoms with Gasteiger partial charge in [0.15, 0.2) is 0 Å². The van der Waals surface area contributed by atoms with Gasteiger partial charge < -0.3 is 20.1 Å². The molecule has 1 aliphatic heterocycles. The molecule has 1 aliphatic carbocycles. The van der Waals surface area contributed by atoms with Gasteiger partial charge in [-0.2, -0.15) is 11.8 Å². The number of carbonyl (C=O) groups excluding carboxylic acids is 2. The number of carboxylic acids is 1. The Morgan fingerprint density at radius 3 is 2.37 bits per heavy atom. The fraction of sp³-hybridized carbons (Fsp3) is 0.444. The van der Waals surface area contributed by atoms with Gasteiger partial charge >= 0.3 is 12.1 Å². The van der Waals surface area contributed by atoms with E-state index < -0.39 is 18.1 Å². The Hall–Kier alpha value is -3.00. The molecule has 2 aromatic rings. The summed E-state index contributed by atoms with van der Waals surface area (Å²) < 4.78 is 5.52. The van der Waals surface area contributed by atoms with E-state index in [4.69, 9.17) is 4.74 Å². The van der Waals surface area contributed by atoms with Gasteiger partial charge in [-0.25, -0.2) is 9.59 Å². The monoisotopic (exact) mass is 496 g/mol. The Morgan fingerprint density at radius 1 is 1.09 bits per heavy atom. The van der Waals surface area contributed by atoms with E-state index in [0.29, 0.717) is 31.2 Å². The van der Waals surface area contributed by atoms with Gasteiger partial charge in [-0.15, -0.1) is 0 Å². The Balaban J connectivity index is 1.18. The summed E-state index contributed by atoms with van der Waals surface area (Å²) in [5.74, 6) is 0.0244. The van der Waals surface area contributed by atoms with Crippen LogP contribution < -0.4 is 5.32 Å². The highest BCUT2D eigenvalue weighted by Crippen LogP contribution is 2.44. The van der Waals surface area contributed by atoms with E-state index in [0.717, 1.165) is 12.8 Å². The van der Waals surface area contributed by atoms with Crippen LogP contribution in [0.4, 0.5) is 4.79 Å². The number of carbonyl (C=O) groups is 3. The van der Waals surface area contributed by atoms with Gasteiger partial charge in [-0.05, 0) is 41.0 Å². The Kier molecular flexibility index (Phi) is 8.33. The van der Waals surface area contributed by atoms with Gasteiger partial charge in [-0.3, -0.25) is 4.79 Å². The summed E-state index contributed by atoms with van der Waals surface area (Å²) >= 11 is 1.39. The summed E-state index contributed by atoms with van der Waals surface area (Å²) in [5, 5.41) is 12.3. The second-order valence-corrected chi connectivity index (χ2v) is 10.1. The highest BCUT2D eigenvalue weighted by Gasteiger charge is 2.35. The molecule has 2 aromatic carbocycles. The molecule has 2 aliphatic rings. The smallest absolute Gasteiger partial charge is 0.407 e. The maximum atomic E-state index is 12.6. The van der Waals surface area contributed by atoms with Crippen molar-refractivity contribution in [2.75, 3.05) is 31.2 Å². The zero-order chi connectivity index (χ0) is 24.8. The normalized spacial score (nSPS) is 19.1. The molecule has 1 fully saturated rings. The molecule has 2 N–H and O–H groups in total. The number of thioether (sulfide) groups is 1. The van der Waals surface area contributed by atoms with Gasteiger partial charge in [0.25, 0.3) is 0 Å². The number of nitrogens with zero attached hydrogens (tertiary/aromatic N) is 1. The van der Waals surface area contributed by atoms with E-state index in [9.17, 15) is 19.5 Å². The lowest BCUT2D eigenvalue weighted by Crippen LogP contribution is -2.50. The number of amides is 2. The average Bonchev–Trinajstić information content (AvgIpc) is 3.20. The minimum atomic E-state index is -0.932. The van der Waals surface area contributed by atoms with Gasteiger partial charge in [0.2, 0.25) is 5.91 Å². The number of hydrogen-bond acceptors (Lipinski definition) is 5. The fourth-order valence-electron chi connectivity index (χ4n) is 5.06. The van der Waals surface area contributed by atoms with E-state index in [1.54, 1.807) is 0 Å². The van der Waals surface area contributed by atoms with Crippen LogP contribution in [-0.4, -0.2) is 65.2 Å². The quantitative estimate of drug-likeness (QED) is 0.501. The Bertz CT molecular complexity index is 1030. The zero-order valence-electron chi connectivity index (χ0n) is 19.9. The van der Waals surface area contributed by atoms with Crippen LogP contribution in [0.5, 0.6) is 0 Å². The maximum Gasteiger partial charge on any atom is 0.407 e. The number of hydrogen-bond donors (Lipinski definition) is 2. The van der Waals surface area contributed by atoms with Gasteiger partial charge in [0.05, 0.1) is 5.75 Å². The first-order chi connectivity index (χ1) is 17.0. The Labute approximate surface area is 210 Å². The molecule has 4 rings (SSSR count). The molecule has 0 saturated carbocycles. The molecule has 1 saturated heterocycles. The van der Waals surface area contributed by atoms with Gasteiger partial charge in [0.1, 0.15) is 12.6 Å². The topological polar surface area (TPSA) is 95.9 Å². The summed E-state index contributed by atoms with van der Waals surface area (Å²) in [6, 6.07) is 15.6. The van der Waals surface area contributed by atoms with E-state index in [-0.39, 0.29) is 24.2 Å². The van der Waals surface area contributed by atoms with Crippen molar-refractivity contribution in [3.05, 3.63) is 59.7 Å². The molecule has 0 aromatic heterocycles. The first-order valence-electron chi connectivity index (χ1n) is 12.2. The number of carboxylic acid groups (broad SMARTS) is 1. The SMILES string of the molecule is CCC1CCN(C(=O)CSCCNC(=O)OCC2c3ccccc3-c3ccccc32)C(C(=O)O)C1. The molecular weight excluding hydrogens is 464 g/mol. The minimum Gasteiger partial charge on any atom is -0.480 e. The number of nitrogens with one attached hydrogen (secondary N) is 1. The van der Waals surface area contributed by atoms with Crippen LogP contribution in [0.25, 0.3) is 11.1 Å². The lowest BCUT2D eigenvalue weighted by molar-refractivity contribution is -0.152. The molecule has 8 heteroatoms. The lowest BCUT2D eigenvalue weighted by atomic mass is 9.89. The van der Waals surface area contributed by atoms with Crippen LogP contribution in [0.15, 0.2) is 48.5 Å². The summed E-state index contributed by atoms with van der Waals surface area (Å²) in [7, 11) is 0. The molecule has 0 bridgehead atoms. The fourth-order valence-corrected chi connectivity index (χ4v) is 5.79. The van der Waals surface area contributed by atoms with E-state index in [1.165, 1.54) is 38.9 Å². The minimum absolute atomic E-state index is 0.0131. The zero-order valence-corrected chi connectivity index (χ0v) is 20.8. The molecule has 7 nitrogen and oxygen atoms in total. The van der Waals surface area contributed by atoms with Crippen molar-refractivity contribution in [1.82, 2.24) is 10.2 Å². The molecular formula is C27H32N2O5S. The predicted octanol–water partition coefficient (Wildman–Crippen LogP) is 4.36. The second kappa shape index (κ2) is 11.6. The molecule has 2 atom stereocenters. The maximum absolute atomic E-state index is 12.6. The van der Waals surface area contributed by atoms with Crippen molar-refractivity contribution in [2.45, 2.75) is 38.1 Å². The highest BCUT2D eigenvalue weighted by atomic mass is 32.2. The van der Waals surface area contributed by atoms with Crippen molar-refractivity contribution in [3.8, 4) is 11.1 Å². The number of alkyl carbamates (subject to hydrolysis) is 1. The first-order valence-corrected chi connectivity index (χ1v) is 13.3. The van der Waals surface area contributed by atoms with E-state index >= 15 is 0 Å². The van der Waals surface area contributed by atoms with Crippen LogP contribution in [0.1, 0.15) is 43.2 Å². The van der Waals surface area contributed by atoms with Crippen molar-refractivity contribution in [1.29, 1.82) is 0 Å². The number of benzene rings is 2. The largest absolute Gasteiger partial charge is 0.480 e. The predicted molar refractivity (Wildman–Crippen MR) is 137 cm³/mol. The summed E-state index contributed by atoms with van der Waals surface area (Å²) in [4.78, 5) is 38.0. The molecule has 0 spiro atoms. The van der Waals surface area contributed by atoms with Crippen LogP contribution in [0.2, 0.25) is 0 Å². The van der Waals surface area contributed by atoms with Crippen LogP contribution >= 0.6 is 11.8 Å². The van der Waals surface area contributed by atoms with Crippen molar-refractivity contribution in [2.24, 2.45) is 5.92 Å². The number of aliphatic carboxylic acids is 1. The molecule has 1 heterocycles. The second-order valence-electron chi connectivity index (χ2n) is 9.04. The number of piperidine rings is 1. The molecule has 0 radical (unpaired) electrons. The molecule has 186 valence electrons. The highest BCUT2D eigenvalue weighted by molar-refractivity contribution is 7.99. The number of rotatable bonds is 9. The third-order valence-corrected chi connectivity index (χ3v) is 7.92. The van der Waals surface area contributed by atoms with Crippen LogP contribution in [-0.2, 0) is 14.3 Å². The number of ether oxygens (including phenoxy) is 1. The molecule has 2 amide bonds. The average molecular weight is 497 g/mol. The van der Waals surface area contributed by atoms with Crippen molar-refractivity contribution >= 4 is 29.7 Å². The van der Waals surface area contributed by atoms with Crippen LogP contribution in [0.3, 0.4) is 0 Å². The van der Waals surface area contributed by atoms with Crippen molar-refractivity contribution < 1.29 is 24.2 Å². The summed E-state index contributed by atoms with van der Waals surface area (Å²) in [5.41, 5.74) is 4.70. The summed E-state index contributed by atoms with van der Waals surface area (Å²) in [6.07, 6.45) is 1.82. The summed E-state index contributed by atoms with van der Waals surface area (Å²) in [6.45, 7) is 3.18. The standard InChI is InChI=1S/C27H32N2O5S/c1-2-18-11-13-29(24(15-18)26(31)32)25(30)17-35-14-12-28-27(33)34-16-23-21-9-5-3-7-19(21)20-8-4-6-10-22(20)23/h3-10,18,23-24H,2,11-17H2,1H3,(H,28,33)(H,31,32). The molecule has 35 heavy (non-hydrogen) atoms. The third kappa shape index (κ3) is 5.81. The van der Waals surface area contributed by atoms with Gasteiger partial charge in [0, 0.05) is 24.8 Å². The van der Waals surface area contributed by atoms with Crippen LogP contribution in [0, 0.1) is 5.92 Å². The van der Waals surface area contributed by atoms with Crippen molar-refractivity contribution in [3.63, 3.8) is 0 Å². The first kappa shape index (κ1) is 25.1. The van der Waals surface area contributed by atoms with E-state index in [2.05, 4.69) is 36.5 Å². The Morgan fingerprint density at radius 2 is 1.74 bits per heavy atom. The molecule has 2 unspecified atom stereocenters. The number of likely N-dealkylation sites (tertiary alicyclic amines) is 1. The van der Waals surface area contributed by atoms with Gasteiger partial charge in [-0.1, -0.05) is 61.9 Å². The lowest BCUT2D eigenvalue weighted by Gasteiger charge is -2.37. The number of fused-ring (bicyclic) bond motifs is 3. The third-order valence-electron chi connectivity index (χ3n) is 6.98.